The van der Waals surface area contributed by atoms with E-state index < -0.39 is 11.9 Å². The molecule has 2 N–H and O–H groups in total. The highest BCUT2D eigenvalue weighted by Gasteiger charge is 2.32. The van der Waals surface area contributed by atoms with Gasteiger partial charge in [-0.25, -0.2) is 0 Å². The van der Waals surface area contributed by atoms with Crippen LogP contribution in [0.5, 0.6) is 0 Å². The molecule has 2 aromatic rings. The summed E-state index contributed by atoms with van der Waals surface area (Å²) >= 11 is 0. The van der Waals surface area contributed by atoms with E-state index in [1.54, 1.807) is 43.5 Å². The van der Waals surface area contributed by atoms with Crippen molar-refractivity contribution in [3.05, 3.63) is 47.7 Å². The van der Waals surface area contributed by atoms with Gasteiger partial charge >= 0.3 is 0 Å². The zero-order valence-electron chi connectivity index (χ0n) is 18.0. The number of carbonyl (C=O) groups excluding carboxylic acids is 2. The molecule has 1 aliphatic carbocycles. The Labute approximate surface area is 182 Å². The molecule has 0 spiro atoms. The maximum atomic E-state index is 12.9. The van der Waals surface area contributed by atoms with E-state index in [9.17, 15) is 9.59 Å². The van der Waals surface area contributed by atoms with Crippen LogP contribution in [0, 0.1) is 17.2 Å². The number of nitriles is 1. The molecule has 1 saturated carbocycles. The van der Waals surface area contributed by atoms with Crippen molar-refractivity contribution in [3.8, 4) is 17.4 Å². The number of carbonyl (C=O) groups is 2. The first-order valence-corrected chi connectivity index (χ1v) is 10.7. The van der Waals surface area contributed by atoms with Crippen molar-refractivity contribution in [2.45, 2.75) is 51.1 Å². The minimum Gasteiger partial charge on any atom is -0.451 e. The van der Waals surface area contributed by atoms with Gasteiger partial charge in [-0.3, -0.25) is 9.59 Å². The van der Waals surface area contributed by atoms with Crippen LogP contribution in [-0.2, 0) is 9.53 Å². The van der Waals surface area contributed by atoms with Gasteiger partial charge < -0.3 is 19.8 Å². The molecule has 0 aliphatic heterocycles. The van der Waals surface area contributed by atoms with E-state index in [0.717, 1.165) is 37.7 Å². The van der Waals surface area contributed by atoms with Crippen molar-refractivity contribution in [2.75, 3.05) is 13.7 Å². The van der Waals surface area contributed by atoms with Crippen LogP contribution in [0.3, 0.4) is 0 Å². The number of methoxy groups -OCH3 is 1. The third-order valence-corrected chi connectivity index (χ3v) is 5.62. The second-order valence-corrected chi connectivity index (χ2v) is 8.07. The largest absolute Gasteiger partial charge is 0.451 e. The van der Waals surface area contributed by atoms with Gasteiger partial charge in [-0.05, 0) is 62.1 Å². The van der Waals surface area contributed by atoms with Crippen LogP contribution in [-0.4, -0.2) is 37.6 Å². The number of furan rings is 1. The van der Waals surface area contributed by atoms with E-state index in [2.05, 4.69) is 16.7 Å². The van der Waals surface area contributed by atoms with Crippen LogP contribution in [0.4, 0.5) is 0 Å². The molecular formula is C24H29N3O4. The van der Waals surface area contributed by atoms with Crippen LogP contribution >= 0.6 is 0 Å². The topological polar surface area (TPSA) is 104 Å². The molecule has 0 saturated heterocycles. The van der Waals surface area contributed by atoms with Crippen LogP contribution in [0.2, 0.25) is 0 Å². The summed E-state index contributed by atoms with van der Waals surface area (Å²) in [6.07, 6.45) is 5.09. The van der Waals surface area contributed by atoms with Crippen LogP contribution < -0.4 is 10.6 Å². The summed E-state index contributed by atoms with van der Waals surface area (Å²) in [6, 6.07) is 11.6. The van der Waals surface area contributed by atoms with Crippen molar-refractivity contribution in [1.29, 1.82) is 5.26 Å². The summed E-state index contributed by atoms with van der Waals surface area (Å²) in [5, 5.41) is 14.8. The molecule has 7 nitrogen and oxygen atoms in total. The molecular weight excluding hydrogens is 394 g/mol. The fourth-order valence-electron chi connectivity index (χ4n) is 4.03. The molecule has 1 heterocycles. The second-order valence-electron chi connectivity index (χ2n) is 8.07. The van der Waals surface area contributed by atoms with Gasteiger partial charge in [0.25, 0.3) is 5.91 Å². The maximum Gasteiger partial charge on any atom is 0.287 e. The third-order valence-electron chi connectivity index (χ3n) is 5.62. The highest BCUT2D eigenvalue weighted by Crippen LogP contribution is 2.27. The minimum absolute atomic E-state index is 0.0976. The molecule has 31 heavy (non-hydrogen) atoms. The zero-order valence-corrected chi connectivity index (χ0v) is 18.0. The molecule has 1 aliphatic rings. The van der Waals surface area contributed by atoms with Crippen LogP contribution in [0.1, 0.15) is 55.1 Å². The van der Waals surface area contributed by atoms with E-state index in [0.29, 0.717) is 17.9 Å². The average molecular weight is 424 g/mol. The van der Waals surface area contributed by atoms with E-state index in [-0.39, 0.29) is 23.6 Å². The van der Waals surface area contributed by atoms with Gasteiger partial charge in [0.1, 0.15) is 11.8 Å². The molecule has 7 heteroatoms. The fraction of sp³-hybridized carbons (Fsp3) is 0.458. The normalized spacial score (nSPS) is 16.2. The Morgan fingerprint density at radius 3 is 2.48 bits per heavy atom. The smallest absolute Gasteiger partial charge is 0.287 e. The highest BCUT2D eigenvalue weighted by atomic mass is 16.5. The first-order valence-electron chi connectivity index (χ1n) is 10.7. The summed E-state index contributed by atoms with van der Waals surface area (Å²) < 4.78 is 10.9. The Morgan fingerprint density at radius 1 is 1.13 bits per heavy atom. The summed E-state index contributed by atoms with van der Waals surface area (Å²) in [5.74, 6) is 0.175. The van der Waals surface area contributed by atoms with E-state index in [1.165, 1.54) is 0 Å². The Morgan fingerprint density at radius 2 is 1.84 bits per heavy atom. The van der Waals surface area contributed by atoms with Gasteiger partial charge in [0.05, 0.1) is 18.2 Å². The number of amides is 2. The minimum atomic E-state index is -0.615. The van der Waals surface area contributed by atoms with Gasteiger partial charge in [-0.15, -0.1) is 0 Å². The lowest BCUT2D eigenvalue weighted by molar-refractivity contribution is -0.125. The van der Waals surface area contributed by atoms with E-state index in [1.807, 2.05) is 6.92 Å². The number of benzene rings is 1. The summed E-state index contributed by atoms with van der Waals surface area (Å²) in [5.41, 5.74) is 1.32. The van der Waals surface area contributed by atoms with Crippen LogP contribution in [0.25, 0.3) is 11.3 Å². The first-order chi connectivity index (χ1) is 15.0. The van der Waals surface area contributed by atoms with Gasteiger partial charge in [-0.1, -0.05) is 19.3 Å². The molecule has 0 unspecified atom stereocenters. The highest BCUT2D eigenvalue weighted by molar-refractivity contribution is 5.96. The molecule has 3 rings (SSSR count). The Kier molecular flexibility index (Phi) is 7.85. The quantitative estimate of drug-likeness (QED) is 0.674. The summed E-state index contributed by atoms with van der Waals surface area (Å²) in [4.78, 5) is 25.8. The fourth-order valence-corrected chi connectivity index (χ4v) is 4.03. The SMILES string of the molecule is COC[C@H](C)NC(=O)[C@@H](NC(=O)c1ccc(-c2ccc(C#N)cc2)o1)C1CCCCC1. The molecule has 0 radical (unpaired) electrons. The van der Waals surface area contributed by atoms with E-state index in [4.69, 9.17) is 14.4 Å². The van der Waals surface area contributed by atoms with Crippen molar-refractivity contribution in [1.82, 2.24) is 10.6 Å². The number of nitrogens with one attached hydrogen (secondary N) is 2. The predicted molar refractivity (Wildman–Crippen MR) is 116 cm³/mol. The lowest BCUT2D eigenvalue weighted by Gasteiger charge is -2.30. The van der Waals surface area contributed by atoms with Crippen molar-refractivity contribution < 1.29 is 18.7 Å². The van der Waals surface area contributed by atoms with Gasteiger partial charge in [-0.2, -0.15) is 5.26 Å². The molecule has 2 atom stereocenters. The molecule has 164 valence electrons. The van der Waals surface area contributed by atoms with Crippen LogP contribution in [0.15, 0.2) is 40.8 Å². The van der Waals surface area contributed by atoms with Gasteiger partial charge in [0.2, 0.25) is 5.91 Å². The number of nitrogens with zero attached hydrogens (tertiary/aromatic N) is 1. The Balaban J connectivity index is 1.72. The second kappa shape index (κ2) is 10.8. The lowest BCUT2D eigenvalue weighted by Crippen LogP contribution is -2.53. The van der Waals surface area contributed by atoms with Gasteiger partial charge in [0.15, 0.2) is 5.76 Å². The number of hydrogen-bond acceptors (Lipinski definition) is 5. The third kappa shape index (κ3) is 5.96. The molecule has 0 bridgehead atoms. The lowest BCUT2D eigenvalue weighted by atomic mass is 9.83. The summed E-state index contributed by atoms with van der Waals surface area (Å²) in [7, 11) is 1.59. The number of ether oxygens (including phenoxy) is 1. The first kappa shape index (κ1) is 22.6. The summed E-state index contributed by atoms with van der Waals surface area (Å²) in [6.45, 7) is 2.28. The zero-order chi connectivity index (χ0) is 22.2. The number of hydrogen-bond donors (Lipinski definition) is 2. The Bertz CT molecular complexity index is 923. The molecule has 1 fully saturated rings. The molecule has 2 amide bonds. The average Bonchev–Trinajstić information content (AvgIpc) is 3.28. The molecule has 1 aromatic carbocycles. The van der Waals surface area contributed by atoms with Crippen molar-refractivity contribution in [2.24, 2.45) is 5.92 Å². The number of rotatable bonds is 8. The Hall–Kier alpha value is -3.11. The molecule has 1 aromatic heterocycles. The maximum absolute atomic E-state index is 12.9. The van der Waals surface area contributed by atoms with Crippen molar-refractivity contribution in [3.63, 3.8) is 0 Å². The van der Waals surface area contributed by atoms with E-state index >= 15 is 0 Å². The standard InChI is InChI=1S/C24H29N3O4/c1-16(15-30-2)26-24(29)22(19-6-4-3-5-7-19)27-23(28)21-13-12-20(31-21)18-10-8-17(14-25)9-11-18/h8-13,16,19,22H,3-7,15H2,1-2H3,(H,26,29)(H,27,28)/t16-,22-/m0/s1. The predicted octanol–water partition coefficient (Wildman–Crippen LogP) is 3.65. The monoisotopic (exact) mass is 423 g/mol. The van der Waals surface area contributed by atoms with Gasteiger partial charge in [0, 0.05) is 18.7 Å². The van der Waals surface area contributed by atoms with Crippen molar-refractivity contribution >= 4 is 11.8 Å².